The Kier molecular flexibility index (Phi) is 4.15. The third-order valence-corrected chi connectivity index (χ3v) is 3.66. The van der Waals surface area contributed by atoms with Gasteiger partial charge in [0.25, 0.3) is 0 Å². The van der Waals surface area contributed by atoms with Crippen molar-refractivity contribution >= 4 is 5.82 Å². The Hall–Kier alpha value is -2.68. The molecule has 0 atom stereocenters. The van der Waals surface area contributed by atoms with Crippen LogP contribution < -0.4 is 9.64 Å². The minimum Gasteiger partial charge on any atom is -0.473 e. The van der Waals surface area contributed by atoms with Crippen LogP contribution in [-0.4, -0.2) is 34.1 Å². The van der Waals surface area contributed by atoms with Crippen LogP contribution in [0.4, 0.5) is 5.82 Å². The summed E-state index contributed by atoms with van der Waals surface area (Å²) in [5.41, 5.74) is 1.49. The average molecular weight is 295 g/mol. The van der Waals surface area contributed by atoms with E-state index in [2.05, 4.69) is 25.9 Å². The van der Waals surface area contributed by atoms with Gasteiger partial charge in [-0.3, -0.25) is 4.98 Å². The number of nitriles is 1. The van der Waals surface area contributed by atoms with Crippen LogP contribution >= 0.6 is 0 Å². The van der Waals surface area contributed by atoms with Gasteiger partial charge in [-0.15, -0.1) is 0 Å². The first-order valence-electron chi connectivity index (χ1n) is 7.31. The molecule has 0 saturated carbocycles. The number of piperidine rings is 1. The molecular formula is C16H17N5O. The third kappa shape index (κ3) is 3.31. The van der Waals surface area contributed by atoms with E-state index in [9.17, 15) is 0 Å². The van der Waals surface area contributed by atoms with Crippen LogP contribution in [0.15, 0.2) is 30.7 Å². The van der Waals surface area contributed by atoms with Crippen molar-refractivity contribution in [3.63, 3.8) is 0 Å². The Morgan fingerprint density at radius 2 is 2.14 bits per heavy atom. The molecule has 1 aliphatic heterocycles. The number of rotatable bonds is 3. The number of aryl methyl sites for hydroxylation is 1. The van der Waals surface area contributed by atoms with Crippen molar-refractivity contribution < 1.29 is 4.74 Å². The smallest absolute Gasteiger partial charge is 0.232 e. The monoisotopic (exact) mass is 295 g/mol. The molecule has 6 nitrogen and oxygen atoms in total. The molecule has 0 radical (unpaired) electrons. The summed E-state index contributed by atoms with van der Waals surface area (Å²) in [6.07, 6.45) is 6.98. The number of pyridine rings is 1. The molecule has 0 amide bonds. The first kappa shape index (κ1) is 14.3. The largest absolute Gasteiger partial charge is 0.473 e. The van der Waals surface area contributed by atoms with E-state index in [1.54, 1.807) is 24.7 Å². The summed E-state index contributed by atoms with van der Waals surface area (Å²) in [6.45, 7) is 3.61. The lowest BCUT2D eigenvalue weighted by molar-refractivity contribution is 0.163. The molecule has 22 heavy (non-hydrogen) atoms. The highest BCUT2D eigenvalue weighted by molar-refractivity contribution is 5.45. The van der Waals surface area contributed by atoms with Gasteiger partial charge in [-0.2, -0.15) is 5.26 Å². The molecule has 1 aliphatic rings. The summed E-state index contributed by atoms with van der Waals surface area (Å²) < 4.78 is 5.89. The van der Waals surface area contributed by atoms with Crippen LogP contribution in [0.25, 0.3) is 0 Å². The SMILES string of the molecule is Cc1cncc(OC2CCN(c3cc(C#N)ccn3)CC2)n1. The molecule has 0 unspecified atom stereocenters. The molecule has 1 saturated heterocycles. The quantitative estimate of drug-likeness (QED) is 0.863. The maximum atomic E-state index is 8.96. The van der Waals surface area contributed by atoms with Gasteiger partial charge >= 0.3 is 0 Å². The molecule has 2 aromatic heterocycles. The maximum Gasteiger partial charge on any atom is 0.232 e. The van der Waals surface area contributed by atoms with Gasteiger partial charge in [0.2, 0.25) is 5.88 Å². The predicted octanol–water partition coefficient (Wildman–Crippen LogP) is 2.10. The van der Waals surface area contributed by atoms with Crippen LogP contribution in [0.5, 0.6) is 5.88 Å². The minimum atomic E-state index is 0.145. The number of hydrogen-bond acceptors (Lipinski definition) is 6. The first-order valence-corrected chi connectivity index (χ1v) is 7.31. The van der Waals surface area contributed by atoms with Crippen LogP contribution in [-0.2, 0) is 0 Å². The minimum absolute atomic E-state index is 0.145. The topological polar surface area (TPSA) is 74.9 Å². The Morgan fingerprint density at radius 1 is 1.32 bits per heavy atom. The molecular weight excluding hydrogens is 278 g/mol. The lowest BCUT2D eigenvalue weighted by Gasteiger charge is -2.32. The molecule has 0 bridgehead atoms. The summed E-state index contributed by atoms with van der Waals surface area (Å²) in [6, 6.07) is 5.69. The number of nitrogens with zero attached hydrogens (tertiary/aromatic N) is 5. The second-order valence-corrected chi connectivity index (χ2v) is 5.32. The van der Waals surface area contributed by atoms with Crippen LogP contribution in [0.1, 0.15) is 24.1 Å². The Morgan fingerprint density at radius 3 is 2.86 bits per heavy atom. The molecule has 0 aliphatic carbocycles. The zero-order valence-corrected chi connectivity index (χ0v) is 12.4. The van der Waals surface area contributed by atoms with E-state index >= 15 is 0 Å². The van der Waals surface area contributed by atoms with Gasteiger partial charge in [-0.1, -0.05) is 0 Å². The van der Waals surface area contributed by atoms with Crippen molar-refractivity contribution in [3.8, 4) is 11.9 Å². The van der Waals surface area contributed by atoms with Crippen molar-refractivity contribution in [2.75, 3.05) is 18.0 Å². The van der Waals surface area contributed by atoms with Gasteiger partial charge < -0.3 is 9.64 Å². The average Bonchev–Trinajstić information content (AvgIpc) is 2.56. The maximum absolute atomic E-state index is 8.96. The number of anilines is 1. The molecule has 0 aromatic carbocycles. The molecule has 0 spiro atoms. The van der Waals surface area contributed by atoms with E-state index < -0.39 is 0 Å². The standard InChI is InChI=1S/C16H17N5O/c1-12-10-18-11-16(20-12)22-14-3-6-21(7-4-14)15-8-13(9-17)2-5-19-15/h2,5,8,10-11,14H,3-4,6-7H2,1H3. The molecule has 2 aromatic rings. The van der Waals surface area contributed by atoms with Crippen LogP contribution in [0.2, 0.25) is 0 Å². The highest BCUT2D eigenvalue weighted by atomic mass is 16.5. The molecule has 1 fully saturated rings. The number of ether oxygens (including phenoxy) is 1. The Labute approximate surface area is 129 Å². The van der Waals surface area contributed by atoms with E-state index in [1.165, 1.54) is 0 Å². The zero-order valence-electron chi connectivity index (χ0n) is 12.4. The number of aromatic nitrogens is 3. The van der Waals surface area contributed by atoms with E-state index in [-0.39, 0.29) is 6.10 Å². The second kappa shape index (κ2) is 6.39. The molecule has 0 N–H and O–H groups in total. The van der Waals surface area contributed by atoms with E-state index in [0.29, 0.717) is 11.4 Å². The van der Waals surface area contributed by atoms with Crippen molar-refractivity contribution in [1.82, 2.24) is 15.0 Å². The molecule has 112 valence electrons. The summed E-state index contributed by atoms with van der Waals surface area (Å²) in [5, 5.41) is 8.96. The van der Waals surface area contributed by atoms with Gasteiger partial charge in [0.05, 0.1) is 23.5 Å². The van der Waals surface area contributed by atoms with Gasteiger partial charge in [0.15, 0.2) is 0 Å². The normalized spacial score (nSPS) is 15.4. The van der Waals surface area contributed by atoms with Gasteiger partial charge in [0, 0.05) is 38.3 Å². The fraction of sp³-hybridized carbons (Fsp3) is 0.375. The fourth-order valence-electron chi connectivity index (χ4n) is 2.53. The summed E-state index contributed by atoms with van der Waals surface area (Å²) in [7, 11) is 0. The van der Waals surface area contributed by atoms with Gasteiger partial charge in [0.1, 0.15) is 11.9 Å². The molecule has 6 heteroatoms. The highest BCUT2D eigenvalue weighted by Crippen LogP contribution is 2.21. The highest BCUT2D eigenvalue weighted by Gasteiger charge is 2.22. The van der Waals surface area contributed by atoms with Crippen LogP contribution in [0, 0.1) is 18.3 Å². The van der Waals surface area contributed by atoms with E-state index in [1.807, 2.05) is 13.0 Å². The van der Waals surface area contributed by atoms with Crippen molar-refractivity contribution in [1.29, 1.82) is 5.26 Å². The van der Waals surface area contributed by atoms with Crippen LogP contribution in [0.3, 0.4) is 0 Å². The van der Waals surface area contributed by atoms with Gasteiger partial charge in [-0.05, 0) is 19.1 Å². The molecule has 3 heterocycles. The number of hydrogen-bond donors (Lipinski definition) is 0. The fourth-order valence-corrected chi connectivity index (χ4v) is 2.53. The Balaban J connectivity index is 1.59. The first-order chi connectivity index (χ1) is 10.7. The van der Waals surface area contributed by atoms with Crippen molar-refractivity contribution in [2.24, 2.45) is 0 Å². The molecule has 3 rings (SSSR count). The Bertz CT molecular complexity index is 689. The predicted molar refractivity (Wildman–Crippen MR) is 81.6 cm³/mol. The summed E-state index contributed by atoms with van der Waals surface area (Å²) in [5.74, 6) is 1.44. The second-order valence-electron chi connectivity index (χ2n) is 5.32. The summed E-state index contributed by atoms with van der Waals surface area (Å²) in [4.78, 5) is 14.9. The van der Waals surface area contributed by atoms with Crippen molar-refractivity contribution in [3.05, 3.63) is 42.0 Å². The van der Waals surface area contributed by atoms with E-state index in [0.717, 1.165) is 37.4 Å². The third-order valence-electron chi connectivity index (χ3n) is 3.66. The lowest BCUT2D eigenvalue weighted by Crippen LogP contribution is -2.38. The lowest BCUT2D eigenvalue weighted by atomic mass is 10.1. The summed E-state index contributed by atoms with van der Waals surface area (Å²) >= 11 is 0. The van der Waals surface area contributed by atoms with Crippen molar-refractivity contribution in [2.45, 2.75) is 25.9 Å². The van der Waals surface area contributed by atoms with Gasteiger partial charge in [-0.25, -0.2) is 9.97 Å². The zero-order chi connectivity index (χ0) is 15.4. The van der Waals surface area contributed by atoms with E-state index in [4.69, 9.17) is 10.00 Å².